The first kappa shape index (κ1) is 13.8. The lowest BCUT2D eigenvalue weighted by Crippen LogP contribution is -2.17. The second kappa shape index (κ2) is 6.50. The third kappa shape index (κ3) is 3.02. The molecule has 0 spiro atoms. The molecular weight excluding hydrogens is 242 g/mol. The topological polar surface area (TPSA) is 33.6 Å². The van der Waals surface area contributed by atoms with Crippen LogP contribution in [0.2, 0.25) is 0 Å². The Bertz CT molecular complexity index is 413. The Morgan fingerprint density at radius 2 is 2.00 bits per heavy atom. The first-order chi connectivity index (χ1) is 8.76. The molecule has 1 heterocycles. The van der Waals surface area contributed by atoms with E-state index in [4.69, 9.17) is 12.2 Å². The van der Waals surface area contributed by atoms with Crippen LogP contribution >= 0.6 is 12.2 Å². The van der Waals surface area contributed by atoms with Gasteiger partial charge in [0, 0.05) is 12.5 Å². The van der Waals surface area contributed by atoms with Crippen molar-refractivity contribution >= 4 is 12.2 Å². The van der Waals surface area contributed by atoms with Crippen molar-refractivity contribution in [3.05, 3.63) is 10.6 Å². The minimum atomic E-state index is 0.621. The lowest BCUT2D eigenvalue weighted by Gasteiger charge is -2.28. The molecule has 0 amide bonds. The molecule has 4 heteroatoms. The normalized spacial score (nSPS) is 24.3. The van der Waals surface area contributed by atoms with Crippen LogP contribution in [-0.2, 0) is 6.54 Å². The molecule has 1 aromatic rings. The fourth-order valence-corrected chi connectivity index (χ4v) is 3.42. The molecule has 18 heavy (non-hydrogen) atoms. The number of hydrogen-bond acceptors (Lipinski definition) is 2. The molecule has 0 radical (unpaired) electrons. The molecule has 1 N–H and O–H groups in total. The fourth-order valence-electron chi connectivity index (χ4n) is 3.15. The minimum absolute atomic E-state index is 0.621. The average molecular weight is 267 g/mol. The average Bonchev–Trinajstić information content (AvgIpc) is 2.78. The van der Waals surface area contributed by atoms with E-state index in [9.17, 15) is 0 Å². The summed E-state index contributed by atoms with van der Waals surface area (Å²) in [5, 5.41) is 7.39. The molecular formula is C14H25N3S. The Labute approximate surface area is 115 Å². The number of aromatic nitrogens is 3. The third-order valence-electron chi connectivity index (χ3n) is 4.28. The number of nitrogens with zero attached hydrogens (tertiary/aromatic N) is 2. The van der Waals surface area contributed by atoms with Crippen molar-refractivity contribution in [2.24, 2.45) is 5.92 Å². The van der Waals surface area contributed by atoms with Gasteiger partial charge in [-0.3, -0.25) is 5.10 Å². The maximum atomic E-state index is 5.27. The molecule has 0 atom stereocenters. The van der Waals surface area contributed by atoms with E-state index in [1.807, 2.05) is 0 Å². The van der Waals surface area contributed by atoms with E-state index in [0.29, 0.717) is 5.92 Å². The van der Waals surface area contributed by atoms with E-state index in [0.717, 1.165) is 17.2 Å². The number of hydrogen-bond donors (Lipinski definition) is 1. The third-order valence-corrected chi connectivity index (χ3v) is 4.59. The Hall–Kier alpha value is -0.640. The zero-order valence-corrected chi connectivity index (χ0v) is 12.4. The monoisotopic (exact) mass is 267 g/mol. The molecule has 1 aliphatic carbocycles. The van der Waals surface area contributed by atoms with Crippen LogP contribution in [0.5, 0.6) is 0 Å². The van der Waals surface area contributed by atoms with Crippen LogP contribution in [0.4, 0.5) is 0 Å². The molecule has 2 rings (SSSR count). The van der Waals surface area contributed by atoms with Crippen molar-refractivity contribution in [3.63, 3.8) is 0 Å². The van der Waals surface area contributed by atoms with Crippen LogP contribution in [0.15, 0.2) is 0 Å². The van der Waals surface area contributed by atoms with Crippen LogP contribution in [0.1, 0.15) is 70.5 Å². The highest BCUT2D eigenvalue weighted by molar-refractivity contribution is 7.71. The summed E-state index contributed by atoms with van der Waals surface area (Å²) in [6, 6.07) is 0. The largest absolute Gasteiger partial charge is 0.304 e. The summed E-state index contributed by atoms with van der Waals surface area (Å²) in [6.07, 6.45) is 9.45. The summed E-state index contributed by atoms with van der Waals surface area (Å²) in [7, 11) is 0. The van der Waals surface area contributed by atoms with Crippen LogP contribution < -0.4 is 0 Å². The maximum Gasteiger partial charge on any atom is 0.195 e. The van der Waals surface area contributed by atoms with Gasteiger partial charge >= 0.3 is 0 Å². The van der Waals surface area contributed by atoms with Gasteiger partial charge in [0.05, 0.1) is 0 Å². The summed E-state index contributed by atoms with van der Waals surface area (Å²) in [6.45, 7) is 5.35. The van der Waals surface area contributed by atoms with E-state index >= 15 is 0 Å². The van der Waals surface area contributed by atoms with Gasteiger partial charge in [-0.05, 0) is 50.7 Å². The zero-order valence-electron chi connectivity index (χ0n) is 11.6. The van der Waals surface area contributed by atoms with Gasteiger partial charge in [0.2, 0.25) is 0 Å². The summed E-state index contributed by atoms with van der Waals surface area (Å²) in [4.78, 5) is 0. The van der Waals surface area contributed by atoms with Crippen molar-refractivity contribution < 1.29 is 0 Å². The van der Waals surface area contributed by atoms with Gasteiger partial charge in [0.15, 0.2) is 4.77 Å². The van der Waals surface area contributed by atoms with Gasteiger partial charge in [0.1, 0.15) is 5.82 Å². The van der Waals surface area contributed by atoms with Crippen molar-refractivity contribution in [1.82, 2.24) is 14.8 Å². The number of rotatable bonds is 5. The van der Waals surface area contributed by atoms with Crippen LogP contribution in [0.25, 0.3) is 0 Å². The van der Waals surface area contributed by atoms with Crippen LogP contribution in [0.3, 0.4) is 0 Å². The molecule has 1 aromatic heterocycles. The zero-order chi connectivity index (χ0) is 13.0. The first-order valence-corrected chi connectivity index (χ1v) is 7.82. The highest BCUT2D eigenvalue weighted by atomic mass is 32.1. The van der Waals surface area contributed by atoms with E-state index < -0.39 is 0 Å². The predicted octanol–water partition coefficient (Wildman–Crippen LogP) is 4.42. The molecule has 1 saturated carbocycles. The highest BCUT2D eigenvalue weighted by Crippen LogP contribution is 2.36. The molecule has 3 nitrogen and oxygen atoms in total. The summed E-state index contributed by atoms with van der Waals surface area (Å²) < 4.78 is 2.94. The van der Waals surface area contributed by atoms with Crippen LogP contribution in [0, 0.1) is 10.7 Å². The Kier molecular flexibility index (Phi) is 4.98. The molecule has 102 valence electrons. The van der Waals surface area contributed by atoms with Crippen molar-refractivity contribution in [2.45, 2.75) is 71.3 Å². The first-order valence-electron chi connectivity index (χ1n) is 7.41. The quantitative estimate of drug-likeness (QED) is 0.801. The molecule has 0 aromatic carbocycles. The standard InChI is InChI=1S/C14H25N3S/c1-3-5-6-11-7-9-12(10-8-11)13-15-16-14(18)17(13)4-2/h11-12H,3-10H2,1-2H3,(H,16,18). The van der Waals surface area contributed by atoms with Crippen molar-refractivity contribution in [3.8, 4) is 0 Å². The Balaban J connectivity index is 1.95. The van der Waals surface area contributed by atoms with E-state index in [-0.39, 0.29) is 0 Å². The number of unbranched alkanes of at least 4 members (excludes halogenated alkanes) is 1. The molecule has 1 fully saturated rings. The molecule has 0 bridgehead atoms. The van der Waals surface area contributed by atoms with Gasteiger partial charge in [0.25, 0.3) is 0 Å². The minimum Gasteiger partial charge on any atom is -0.304 e. The fraction of sp³-hybridized carbons (Fsp3) is 0.857. The summed E-state index contributed by atoms with van der Waals surface area (Å²) in [5.74, 6) is 2.77. The molecule has 0 aliphatic heterocycles. The SMILES string of the molecule is CCCCC1CCC(c2n[nH]c(=S)n2CC)CC1. The van der Waals surface area contributed by atoms with E-state index in [2.05, 4.69) is 28.6 Å². The molecule has 1 aliphatic rings. The smallest absolute Gasteiger partial charge is 0.195 e. The maximum absolute atomic E-state index is 5.27. The van der Waals surface area contributed by atoms with E-state index in [1.165, 1.54) is 50.8 Å². The highest BCUT2D eigenvalue weighted by Gasteiger charge is 2.25. The lowest BCUT2D eigenvalue weighted by molar-refractivity contribution is 0.294. The van der Waals surface area contributed by atoms with Crippen LogP contribution in [-0.4, -0.2) is 14.8 Å². The van der Waals surface area contributed by atoms with E-state index in [1.54, 1.807) is 0 Å². The van der Waals surface area contributed by atoms with Gasteiger partial charge in [-0.1, -0.05) is 26.2 Å². The molecule has 0 saturated heterocycles. The Morgan fingerprint density at radius 1 is 1.28 bits per heavy atom. The van der Waals surface area contributed by atoms with Crippen molar-refractivity contribution in [1.29, 1.82) is 0 Å². The summed E-state index contributed by atoms with van der Waals surface area (Å²) in [5.41, 5.74) is 0. The molecule has 0 unspecified atom stereocenters. The lowest BCUT2D eigenvalue weighted by atomic mass is 9.79. The Morgan fingerprint density at radius 3 is 2.61 bits per heavy atom. The van der Waals surface area contributed by atoms with Gasteiger partial charge in [-0.25, -0.2) is 0 Å². The van der Waals surface area contributed by atoms with Gasteiger partial charge in [-0.2, -0.15) is 5.10 Å². The second-order valence-electron chi connectivity index (χ2n) is 5.49. The van der Waals surface area contributed by atoms with Gasteiger partial charge in [-0.15, -0.1) is 0 Å². The second-order valence-corrected chi connectivity index (χ2v) is 5.88. The summed E-state index contributed by atoms with van der Waals surface area (Å²) >= 11 is 5.27. The number of nitrogens with one attached hydrogen (secondary N) is 1. The van der Waals surface area contributed by atoms with Gasteiger partial charge < -0.3 is 4.57 Å². The number of aromatic amines is 1. The number of H-pyrrole nitrogens is 1. The van der Waals surface area contributed by atoms with Crippen molar-refractivity contribution in [2.75, 3.05) is 0 Å². The predicted molar refractivity (Wildman–Crippen MR) is 77.3 cm³/mol.